The van der Waals surface area contributed by atoms with E-state index < -0.39 is 0 Å². The molecule has 2 N–H and O–H groups in total. The van der Waals surface area contributed by atoms with Gasteiger partial charge in [-0.3, -0.25) is 4.79 Å². The predicted molar refractivity (Wildman–Crippen MR) is 65.0 cm³/mol. The van der Waals surface area contributed by atoms with E-state index in [0.717, 1.165) is 18.4 Å². The zero-order valence-electron chi connectivity index (χ0n) is 9.56. The zero-order valence-corrected chi connectivity index (χ0v) is 9.56. The second-order valence-corrected chi connectivity index (χ2v) is 4.69. The van der Waals surface area contributed by atoms with Crippen LogP contribution >= 0.6 is 0 Å². The van der Waals surface area contributed by atoms with E-state index in [1.165, 1.54) is 19.3 Å². The lowest BCUT2D eigenvalue weighted by atomic mass is 9.76. The van der Waals surface area contributed by atoms with Gasteiger partial charge in [0, 0.05) is 0 Å². The van der Waals surface area contributed by atoms with Crippen molar-refractivity contribution in [2.45, 2.75) is 38.0 Å². The summed E-state index contributed by atoms with van der Waals surface area (Å²) in [5.41, 5.74) is 6.65. The third kappa shape index (κ3) is 2.43. The molecule has 0 aliphatic heterocycles. The molecular formula is C14H19NO. The monoisotopic (exact) mass is 217 g/mol. The predicted octanol–water partition coefficient (Wildman–Crippen LogP) is 2.84. The number of carbonyl (C=O) groups is 1. The van der Waals surface area contributed by atoms with Gasteiger partial charge < -0.3 is 5.73 Å². The Morgan fingerprint density at radius 3 is 2.31 bits per heavy atom. The Kier molecular flexibility index (Phi) is 3.60. The number of amides is 1. The molecule has 2 heteroatoms. The summed E-state index contributed by atoms with van der Waals surface area (Å²) in [7, 11) is 0. The molecule has 1 fully saturated rings. The Morgan fingerprint density at radius 1 is 1.12 bits per heavy atom. The van der Waals surface area contributed by atoms with Crippen LogP contribution in [-0.2, 0) is 4.79 Å². The third-order valence-electron chi connectivity index (χ3n) is 3.59. The fraction of sp³-hybridized carbons (Fsp3) is 0.500. The van der Waals surface area contributed by atoms with Crippen molar-refractivity contribution >= 4 is 5.91 Å². The lowest BCUT2D eigenvalue weighted by Crippen LogP contribution is -2.29. The maximum atomic E-state index is 11.6. The van der Waals surface area contributed by atoms with Crippen molar-refractivity contribution in [1.29, 1.82) is 0 Å². The van der Waals surface area contributed by atoms with Crippen LogP contribution < -0.4 is 5.73 Å². The molecule has 1 aliphatic carbocycles. The number of primary amides is 1. The normalized spacial score (nSPS) is 19.2. The second-order valence-electron chi connectivity index (χ2n) is 4.69. The first-order valence-corrected chi connectivity index (χ1v) is 6.13. The quantitative estimate of drug-likeness (QED) is 0.831. The maximum absolute atomic E-state index is 11.6. The third-order valence-corrected chi connectivity index (χ3v) is 3.59. The van der Waals surface area contributed by atoms with Crippen LogP contribution in [-0.4, -0.2) is 5.91 Å². The fourth-order valence-corrected chi connectivity index (χ4v) is 2.80. The highest BCUT2D eigenvalue weighted by atomic mass is 16.1. The summed E-state index contributed by atoms with van der Waals surface area (Å²) >= 11 is 0. The van der Waals surface area contributed by atoms with Crippen molar-refractivity contribution < 1.29 is 4.79 Å². The summed E-state index contributed by atoms with van der Waals surface area (Å²) in [6, 6.07) is 9.97. The van der Waals surface area contributed by atoms with E-state index in [1.54, 1.807) is 0 Å². The summed E-state index contributed by atoms with van der Waals surface area (Å²) in [6.07, 6.45) is 6.06. The Bertz CT molecular complexity index is 341. The molecule has 2 rings (SSSR count). The topological polar surface area (TPSA) is 43.1 Å². The molecule has 86 valence electrons. The van der Waals surface area contributed by atoms with E-state index >= 15 is 0 Å². The van der Waals surface area contributed by atoms with Gasteiger partial charge in [0.2, 0.25) is 5.91 Å². The summed E-state index contributed by atoms with van der Waals surface area (Å²) in [5.74, 6) is 0.202. The van der Waals surface area contributed by atoms with Gasteiger partial charge in [-0.15, -0.1) is 0 Å². The number of carbonyl (C=O) groups excluding carboxylic acids is 1. The number of benzene rings is 1. The largest absolute Gasteiger partial charge is 0.369 e. The molecular weight excluding hydrogens is 198 g/mol. The van der Waals surface area contributed by atoms with Gasteiger partial charge in [-0.05, 0) is 24.3 Å². The minimum Gasteiger partial charge on any atom is -0.369 e. The number of hydrogen-bond acceptors (Lipinski definition) is 1. The van der Waals surface area contributed by atoms with Gasteiger partial charge in [-0.1, -0.05) is 49.6 Å². The highest BCUT2D eigenvalue weighted by Crippen LogP contribution is 2.35. The van der Waals surface area contributed by atoms with E-state index in [9.17, 15) is 4.79 Å². The Balaban J connectivity index is 2.20. The highest BCUT2D eigenvalue weighted by molar-refractivity contribution is 5.82. The van der Waals surface area contributed by atoms with Gasteiger partial charge in [-0.2, -0.15) is 0 Å². The number of hydrogen-bond donors (Lipinski definition) is 1. The van der Waals surface area contributed by atoms with Gasteiger partial charge in [0.15, 0.2) is 0 Å². The van der Waals surface area contributed by atoms with Crippen LogP contribution in [0.25, 0.3) is 0 Å². The summed E-state index contributed by atoms with van der Waals surface area (Å²) < 4.78 is 0. The lowest BCUT2D eigenvalue weighted by Gasteiger charge is -2.28. The summed E-state index contributed by atoms with van der Waals surface area (Å²) in [6.45, 7) is 0. The van der Waals surface area contributed by atoms with Crippen molar-refractivity contribution in [2.75, 3.05) is 0 Å². The van der Waals surface area contributed by atoms with E-state index in [2.05, 4.69) is 0 Å². The molecule has 0 saturated heterocycles. The molecule has 0 unspecified atom stereocenters. The second kappa shape index (κ2) is 5.15. The SMILES string of the molecule is NC(=O)[C@H](c1ccccc1)C1CCCCC1. The van der Waals surface area contributed by atoms with Crippen molar-refractivity contribution in [3.05, 3.63) is 35.9 Å². The zero-order chi connectivity index (χ0) is 11.4. The molecule has 1 aromatic rings. The summed E-state index contributed by atoms with van der Waals surface area (Å²) in [4.78, 5) is 11.6. The van der Waals surface area contributed by atoms with Crippen molar-refractivity contribution in [2.24, 2.45) is 11.7 Å². The molecule has 0 bridgehead atoms. The average Bonchev–Trinajstić information content (AvgIpc) is 2.31. The Hall–Kier alpha value is -1.31. The molecule has 1 amide bonds. The van der Waals surface area contributed by atoms with Gasteiger partial charge in [0.25, 0.3) is 0 Å². The van der Waals surface area contributed by atoms with Crippen molar-refractivity contribution in [1.82, 2.24) is 0 Å². The fourth-order valence-electron chi connectivity index (χ4n) is 2.80. The summed E-state index contributed by atoms with van der Waals surface area (Å²) in [5, 5.41) is 0. The number of rotatable bonds is 3. The van der Waals surface area contributed by atoms with Crippen LogP contribution in [0.1, 0.15) is 43.6 Å². The van der Waals surface area contributed by atoms with Crippen LogP contribution in [0.15, 0.2) is 30.3 Å². The Morgan fingerprint density at radius 2 is 1.75 bits per heavy atom. The van der Waals surface area contributed by atoms with E-state index in [1.807, 2.05) is 30.3 Å². The van der Waals surface area contributed by atoms with E-state index in [-0.39, 0.29) is 11.8 Å². The molecule has 2 nitrogen and oxygen atoms in total. The first kappa shape index (κ1) is 11.2. The minimum absolute atomic E-state index is 0.0819. The van der Waals surface area contributed by atoms with Crippen molar-refractivity contribution in [3.63, 3.8) is 0 Å². The molecule has 1 atom stereocenters. The van der Waals surface area contributed by atoms with Crippen LogP contribution in [0.4, 0.5) is 0 Å². The van der Waals surface area contributed by atoms with Gasteiger partial charge in [-0.25, -0.2) is 0 Å². The van der Waals surface area contributed by atoms with Crippen LogP contribution in [0.2, 0.25) is 0 Å². The molecule has 0 aromatic heterocycles. The smallest absolute Gasteiger partial charge is 0.225 e. The number of nitrogens with two attached hydrogens (primary N) is 1. The lowest BCUT2D eigenvalue weighted by molar-refractivity contribution is -0.120. The molecule has 1 aromatic carbocycles. The van der Waals surface area contributed by atoms with Crippen LogP contribution in [0, 0.1) is 5.92 Å². The van der Waals surface area contributed by atoms with Crippen molar-refractivity contribution in [3.8, 4) is 0 Å². The Labute approximate surface area is 96.8 Å². The highest BCUT2D eigenvalue weighted by Gasteiger charge is 2.28. The van der Waals surface area contributed by atoms with Crippen LogP contribution in [0.3, 0.4) is 0 Å². The first-order chi connectivity index (χ1) is 7.79. The van der Waals surface area contributed by atoms with Gasteiger partial charge >= 0.3 is 0 Å². The average molecular weight is 217 g/mol. The van der Waals surface area contributed by atoms with E-state index in [4.69, 9.17) is 5.73 Å². The van der Waals surface area contributed by atoms with Gasteiger partial charge in [0.1, 0.15) is 0 Å². The standard InChI is InChI=1S/C14H19NO/c15-14(16)13(11-7-3-1-4-8-11)12-9-5-2-6-10-12/h1,3-4,7-8,12-13H,2,5-6,9-10H2,(H2,15,16)/t13-/m1/s1. The maximum Gasteiger partial charge on any atom is 0.225 e. The minimum atomic E-state index is -0.168. The molecule has 0 spiro atoms. The molecule has 16 heavy (non-hydrogen) atoms. The first-order valence-electron chi connectivity index (χ1n) is 6.13. The van der Waals surface area contributed by atoms with E-state index in [0.29, 0.717) is 5.92 Å². The molecule has 1 saturated carbocycles. The van der Waals surface area contributed by atoms with Gasteiger partial charge in [0.05, 0.1) is 5.92 Å². The van der Waals surface area contributed by atoms with Crippen LogP contribution in [0.5, 0.6) is 0 Å². The molecule has 0 radical (unpaired) electrons. The molecule has 1 aliphatic rings. The molecule has 0 heterocycles.